The number of pyridine rings is 1. The zero-order valence-electron chi connectivity index (χ0n) is 15.5. The summed E-state index contributed by atoms with van der Waals surface area (Å²) in [4.78, 5) is 12.2. The third-order valence-electron chi connectivity index (χ3n) is 4.36. The maximum absolute atomic E-state index is 12.7. The second-order valence-electron chi connectivity index (χ2n) is 6.21. The van der Waals surface area contributed by atoms with Gasteiger partial charge in [0.15, 0.2) is 0 Å². The average molecular weight is 461 g/mol. The number of sulfonamides is 1. The standard InChI is InChI=1S/C20H14Cl2N4O3S/c1-29-18-10-17(22)16(21)9-15(18)20-14-3-2-13(8-12(14)4-7-24-20)30(27,28)26-19-5-6-23-11-25-19/h2-11H,1H3,(H,23,25,26). The molecule has 2 heterocycles. The molecular formula is C20H14Cl2N4O3S. The van der Waals surface area contributed by atoms with Crippen molar-refractivity contribution < 1.29 is 13.2 Å². The summed E-state index contributed by atoms with van der Waals surface area (Å²) in [6.07, 6.45) is 4.31. The number of ether oxygens (including phenoxy) is 1. The van der Waals surface area contributed by atoms with E-state index in [1.807, 2.05) is 0 Å². The lowest BCUT2D eigenvalue weighted by Gasteiger charge is -2.13. The molecule has 4 aromatic rings. The van der Waals surface area contributed by atoms with Crippen LogP contribution in [0.25, 0.3) is 22.0 Å². The van der Waals surface area contributed by atoms with Gasteiger partial charge in [0, 0.05) is 29.4 Å². The molecule has 2 aromatic heterocycles. The summed E-state index contributed by atoms with van der Waals surface area (Å²) in [5.41, 5.74) is 1.24. The molecule has 0 radical (unpaired) electrons. The Morgan fingerprint density at radius 2 is 1.77 bits per heavy atom. The Morgan fingerprint density at radius 3 is 2.50 bits per heavy atom. The SMILES string of the molecule is COc1cc(Cl)c(Cl)cc1-c1nccc2cc(S(=O)(=O)Nc3ccncn3)ccc12. The van der Waals surface area contributed by atoms with Crippen LogP contribution in [0, 0.1) is 0 Å². The van der Waals surface area contributed by atoms with E-state index in [4.69, 9.17) is 27.9 Å². The van der Waals surface area contributed by atoms with Crippen molar-refractivity contribution in [1.29, 1.82) is 0 Å². The van der Waals surface area contributed by atoms with Crippen LogP contribution in [0.5, 0.6) is 5.75 Å². The van der Waals surface area contributed by atoms with E-state index >= 15 is 0 Å². The number of halogens is 2. The van der Waals surface area contributed by atoms with Crippen LogP contribution in [0.1, 0.15) is 0 Å². The maximum Gasteiger partial charge on any atom is 0.263 e. The minimum atomic E-state index is -3.83. The van der Waals surface area contributed by atoms with Crippen LogP contribution in [-0.2, 0) is 10.0 Å². The van der Waals surface area contributed by atoms with Crippen molar-refractivity contribution in [3.8, 4) is 17.0 Å². The zero-order chi connectivity index (χ0) is 21.3. The molecule has 0 fully saturated rings. The molecule has 0 atom stereocenters. The fourth-order valence-electron chi connectivity index (χ4n) is 2.97. The average Bonchev–Trinajstić information content (AvgIpc) is 2.75. The first-order valence-electron chi connectivity index (χ1n) is 8.60. The minimum Gasteiger partial charge on any atom is -0.496 e. The quantitative estimate of drug-likeness (QED) is 0.459. The second-order valence-corrected chi connectivity index (χ2v) is 8.71. The number of anilines is 1. The van der Waals surface area contributed by atoms with Gasteiger partial charge in [-0.15, -0.1) is 0 Å². The molecule has 0 saturated heterocycles. The summed E-state index contributed by atoms with van der Waals surface area (Å²) in [5.74, 6) is 0.688. The highest BCUT2D eigenvalue weighted by Gasteiger charge is 2.18. The summed E-state index contributed by atoms with van der Waals surface area (Å²) >= 11 is 12.3. The van der Waals surface area contributed by atoms with E-state index in [0.29, 0.717) is 32.4 Å². The van der Waals surface area contributed by atoms with Crippen LogP contribution in [0.2, 0.25) is 10.0 Å². The monoisotopic (exact) mass is 460 g/mol. The highest BCUT2D eigenvalue weighted by atomic mass is 35.5. The van der Waals surface area contributed by atoms with Gasteiger partial charge in [0.25, 0.3) is 10.0 Å². The number of hydrogen-bond acceptors (Lipinski definition) is 6. The van der Waals surface area contributed by atoms with Crippen molar-refractivity contribution in [1.82, 2.24) is 15.0 Å². The molecule has 0 saturated carbocycles. The largest absolute Gasteiger partial charge is 0.496 e. The van der Waals surface area contributed by atoms with Crippen molar-refractivity contribution in [2.75, 3.05) is 11.8 Å². The molecule has 0 spiro atoms. The fraction of sp³-hybridized carbons (Fsp3) is 0.0500. The minimum absolute atomic E-state index is 0.0897. The van der Waals surface area contributed by atoms with Crippen molar-refractivity contribution in [3.05, 3.63) is 71.2 Å². The summed E-state index contributed by atoms with van der Waals surface area (Å²) in [6.45, 7) is 0. The van der Waals surface area contributed by atoms with E-state index in [1.54, 1.807) is 36.5 Å². The van der Waals surface area contributed by atoms with Crippen LogP contribution in [0.15, 0.2) is 66.1 Å². The van der Waals surface area contributed by atoms with E-state index in [-0.39, 0.29) is 10.7 Å². The Hall–Kier alpha value is -2.94. The van der Waals surface area contributed by atoms with Crippen molar-refractivity contribution in [2.24, 2.45) is 0 Å². The third kappa shape index (κ3) is 3.89. The van der Waals surface area contributed by atoms with E-state index < -0.39 is 10.0 Å². The molecule has 2 aromatic carbocycles. The Morgan fingerprint density at radius 1 is 0.967 bits per heavy atom. The van der Waals surface area contributed by atoms with Crippen molar-refractivity contribution >= 4 is 49.8 Å². The maximum atomic E-state index is 12.7. The van der Waals surface area contributed by atoms with Crippen molar-refractivity contribution in [3.63, 3.8) is 0 Å². The number of rotatable bonds is 5. The highest BCUT2D eigenvalue weighted by Crippen LogP contribution is 2.39. The molecule has 0 aliphatic carbocycles. The van der Waals surface area contributed by atoms with Gasteiger partial charge in [0.1, 0.15) is 17.9 Å². The Labute approximate surface area is 182 Å². The van der Waals surface area contributed by atoms with Gasteiger partial charge in [-0.25, -0.2) is 18.4 Å². The number of benzene rings is 2. The van der Waals surface area contributed by atoms with Crippen LogP contribution < -0.4 is 9.46 Å². The topological polar surface area (TPSA) is 94.1 Å². The van der Waals surface area contributed by atoms with E-state index in [0.717, 1.165) is 5.39 Å². The molecule has 30 heavy (non-hydrogen) atoms. The smallest absolute Gasteiger partial charge is 0.263 e. The second kappa shape index (κ2) is 8.06. The molecule has 10 heteroatoms. The molecule has 0 bridgehead atoms. The van der Waals surface area contributed by atoms with E-state index in [1.165, 1.54) is 31.8 Å². The van der Waals surface area contributed by atoms with Crippen molar-refractivity contribution in [2.45, 2.75) is 4.90 Å². The van der Waals surface area contributed by atoms with Gasteiger partial charge < -0.3 is 4.74 Å². The lowest BCUT2D eigenvalue weighted by atomic mass is 10.0. The number of nitrogens with one attached hydrogen (secondary N) is 1. The Kier molecular flexibility index (Phi) is 5.46. The van der Waals surface area contributed by atoms with Gasteiger partial charge in [-0.1, -0.05) is 29.3 Å². The number of nitrogens with zero attached hydrogens (tertiary/aromatic N) is 3. The number of fused-ring (bicyclic) bond motifs is 1. The molecule has 0 aliphatic heterocycles. The molecular weight excluding hydrogens is 447 g/mol. The molecule has 1 N–H and O–H groups in total. The number of methoxy groups -OCH3 is 1. The van der Waals surface area contributed by atoms with Gasteiger partial charge in [0.05, 0.1) is 27.7 Å². The zero-order valence-corrected chi connectivity index (χ0v) is 17.8. The predicted molar refractivity (Wildman–Crippen MR) is 117 cm³/mol. The number of hydrogen-bond donors (Lipinski definition) is 1. The van der Waals surface area contributed by atoms with Crippen LogP contribution in [-0.4, -0.2) is 30.5 Å². The molecule has 0 aliphatic rings. The van der Waals surface area contributed by atoms with Crippen LogP contribution in [0.3, 0.4) is 0 Å². The molecule has 4 rings (SSSR count). The van der Waals surface area contributed by atoms with Gasteiger partial charge >= 0.3 is 0 Å². The molecule has 152 valence electrons. The molecule has 0 unspecified atom stereocenters. The lowest BCUT2D eigenvalue weighted by Crippen LogP contribution is -2.13. The summed E-state index contributed by atoms with van der Waals surface area (Å²) in [5, 5.41) is 2.13. The van der Waals surface area contributed by atoms with E-state index in [9.17, 15) is 8.42 Å². The molecule has 7 nitrogen and oxygen atoms in total. The first kappa shape index (κ1) is 20.3. The first-order valence-corrected chi connectivity index (χ1v) is 10.8. The van der Waals surface area contributed by atoms with Crippen LogP contribution >= 0.6 is 23.2 Å². The summed E-state index contributed by atoms with van der Waals surface area (Å²) in [6, 6.07) is 11.2. The van der Waals surface area contributed by atoms with Gasteiger partial charge in [-0.3, -0.25) is 9.71 Å². The first-order chi connectivity index (χ1) is 14.4. The Balaban J connectivity index is 1.81. The highest BCUT2D eigenvalue weighted by molar-refractivity contribution is 7.92. The summed E-state index contributed by atoms with van der Waals surface area (Å²) < 4.78 is 33.3. The third-order valence-corrected chi connectivity index (χ3v) is 6.44. The normalized spacial score (nSPS) is 11.4. The summed E-state index contributed by atoms with van der Waals surface area (Å²) in [7, 11) is -2.31. The van der Waals surface area contributed by atoms with E-state index in [2.05, 4.69) is 19.7 Å². The van der Waals surface area contributed by atoms with Gasteiger partial charge in [-0.05, 0) is 35.7 Å². The Bertz CT molecular complexity index is 1350. The van der Waals surface area contributed by atoms with Crippen LogP contribution in [0.4, 0.5) is 5.82 Å². The lowest BCUT2D eigenvalue weighted by molar-refractivity contribution is 0.416. The fourth-order valence-corrected chi connectivity index (χ4v) is 4.33. The predicted octanol–water partition coefficient (Wildman–Crippen LogP) is 4.81. The molecule has 0 amide bonds. The number of aromatic nitrogens is 3. The van der Waals surface area contributed by atoms with Gasteiger partial charge in [0.2, 0.25) is 0 Å². The van der Waals surface area contributed by atoms with Gasteiger partial charge in [-0.2, -0.15) is 0 Å².